The summed E-state index contributed by atoms with van der Waals surface area (Å²) in [6.45, 7) is 6.07. The predicted octanol–water partition coefficient (Wildman–Crippen LogP) is 4.02. The molecule has 2 N–H and O–H groups in total. The second-order valence-electron chi connectivity index (χ2n) is 7.63. The first kappa shape index (κ1) is 21.7. The zero-order chi connectivity index (χ0) is 20.7. The molecule has 0 radical (unpaired) electrons. The largest absolute Gasteiger partial charge is 0.480 e. The van der Waals surface area contributed by atoms with Crippen LogP contribution in [0.2, 0.25) is 0 Å². The minimum Gasteiger partial charge on any atom is -0.480 e. The Labute approximate surface area is 165 Å². The van der Waals surface area contributed by atoms with Crippen LogP contribution in [0.4, 0.5) is 0 Å². The van der Waals surface area contributed by atoms with Crippen molar-refractivity contribution < 1.29 is 19.5 Å². The molecule has 1 amide bonds. The van der Waals surface area contributed by atoms with Crippen LogP contribution in [0, 0.1) is 5.92 Å². The van der Waals surface area contributed by atoms with Crippen LogP contribution in [-0.2, 0) is 16.0 Å². The van der Waals surface area contributed by atoms with Gasteiger partial charge in [0, 0.05) is 30.8 Å². The molecule has 1 atom stereocenters. The standard InChI is InChI=1S/C22H30N2O4/c1-4-5-10-21(26)24-14-16(17-8-6-7-9-19(17)24)13-18(22(27)28)23-20(25)12-11-15(2)3/h6-9,14-15,18H,4-5,10-13H2,1-3H3,(H,23,25)(H,27,28)/t18-/m0/s1. The number of amides is 1. The van der Waals surface area contributed by atoms with Gasteiger partial charge in [-0.3, -0.25) is 14.2 Å². The van der Waals surface area contributed by atoms with Gasteiger partial charge in [-0.25, -0.2) is 4.79 Å². The summed E-state index contributed by atoms with van der Waals surface area (Å²) in [4.78, 5) is 36.4. The van der Waals surface area contributed by atoms with Gasteiger partial charge in [0.1, 0.15) is 6.04 Å². The third kappa shape index (κ3) is 5.68. The lowest BCUT2D eigenvalue weighted by molar-refractivity contribution is -0.141. The summed E-state index contributed by atoms with van der Waals surface area (Å²) in [6.07, 6.45) is 5.06. The number of para-hydroxylation sites is 1. The maximum atomic E-state index is 12.6. The number of nitrogens with zero attached hydrogens (tertiary/aromatic N) is 1. The number of carboxylic acids is 1. The van der Waals surface area contributed by atoms with Crippen molar-refractivity contribution in [3.63, 3.8) is 0 Å². The molecule has 2 aromatic rings. The van der Waals surface area contributed by atoms with E-state index in [1.807, 2.05) is 45.0 Å². The maximum Gasteiger partial charge on any atom is 0.326 e. The van der Waals surface area contributed by atoms with Crippen LogP contribution in [0.5, 0.6) is 0 Å². The van der Waals surface area contributed by atoms with Crippen molar-refractivity contribution in [2.75, 3.05) is 0 Å². The fourth-order valence-electron chi connectivity index (χ4n) is 3.17. The molecular formula is C22H30N2O4. The number of hydrogen-bond donors (Lipinski definition) is 2. The average molecular weight is 386 g/mol. The summed E-state index contributed by atoms with van der Waals surface area (Å²) in [5, 5.41) is 13.0. The van der Waals surface area contributed by atoms with Crippen LogP contribution in [0.1, 0.15) is 63.2 Å². The first-order valence-corrected chi connectivity index (χ1v) is 9.97. The molecule has 1 aromatic carbocycles. The topological polar surface area (TPSA) is 88.4 Å². The molecular weight excluding hydrogens is 356 g/mol. The molecule has 28 heavy (non-hydrogen) atoms. The van der Waals surface area contributed by atoms with Gasteiger partial charge in [0.15, 0.2) is 0 Å². The van der Waals surface area contributed by atoms with Crippen LogP contribution in [0.25, 0.3) is 10.9 Å². The van der Waals surface area contributed by atoms with E-state index in [4.69, 9.17) is 0 Å². The van der Waals surface area contributed by atoms with E-state index in [2.05, 4.69) is 5.32 Å². The van der Waals surface area contributed by atoms with Gasteiger partial charge in [0.05, 0.1) is 5.52 Å². The van der Waals surface area contributed by atoms with Gasteiger partial charge in [-0.1, -0.05) is 45.4 Å². The van der Waals surface area contributed by atoms with E-state index in [1.54, 1.807) is 10.8 Å². The van der Waals surface area contributed by atoms with Crippen molar-refractivity contribution in [3.8, 4) is 0 Å². The molecule has 0 spiro atoms. The SMILES string of the molecule is CCCCC(=O)n1cc(C[C@H](NC(=O)CCC(C)C)C(=O)O)c2ccccc21. The highest BCUT2D eigenvalue weighted by Gasteiger charge is 2.23. The number of aliphatic carboxylic acids is 1. The van der Waals surface area contributed by atoms with Crippen LogP contribution in [0.15, 0.2) is 30.5 Å². The van der Waals surface area contributed by atoms with Crippen molar-refractivity contribution in [2.45, 2.75) is 65.3 Å². The molecule has 6 nitrogen and oxygen atoms in total. The van der Waals surface area contributed by atoms with E-state index in [1.165, 1.54) is 0 Å². The van der Waals surface area contributed by atoms with Gasteiger partial charge in [-0.2, -0.15) is 0 Å². The Kier molecular flexibility index (Phi) is 7.79. The van der Waals surface area contributed by atoms with E-state index < -0.39 is 12.0 Å². The number of carbonyl (C=O) groups is 3. The third-order valence-corrected chi connectivity index (χ3v) is 4.81. The van der Waals surface area contributed by atoms with E-state index in [0.717, 1.165) is 29.3 Å². The van der Waals surface area contributed by atoms with Crippen LogP contribution in [0.3, 0.4) is 0 Å². The second-order valence-corrected chi connectivity index (χ2v) is 7.63. The molecule has 0 aliphatic rings. The minimum atomic E-state index is -1.08. The average Bonchev–Trinajstić information content (AvgIpc) is 3.02. The van der Waals surface area contributed by atoms with Gasteiger partial charge < -0.3 is 10.4 Å². The molecule has 152 valence electrons. The Hall–Kier alpha value is -2.63. The highest BCUT2D eigenvalue weighted by molar-refractivity contribution is 5.95. The summed E-state index contributed by atoms with van der Waals surface area (Å²) in [5.74, 6) is -0.964. The molecule has 0 saturated carbocycles. The lowest BCUT2D eigenvalue weighted by Crippen LogP contribution is -2.42. The number of rotatable bonds is 10. The summed E-state index contributed by atoms with van der Waals surface area (Å²) < 4.78 is 1.61. The fourth-order valence-corrected chi connectivity index (χ4v) is 3.17. The van der Waals surface area contributed by atoms with E-state index >= 15 is 0 Å². The maximum absolute atomic E-state index is 12.6. The molecule has 0 aliphatic heterocycles. The fraction of sp³-hybridized carbons (Fsp3) is 0.500. The van der Waals surface area contributed by atoms with Gasteiger partial charge in [-0.15, -0.1) is 0 Å². The molecule has 0 fully saturated rings. The van der Waals surface area contributed by atoms with Gasteiger partial charge in [0.2, 0.25) is 11.8 Å². The summed E-state index contributed by atoms with van der Waals surface area (Å²) in [5.41, 5.74) is 1.52. The normalized spacial score (nSPS) is 12.3. The number of carbonyl (C=O) groups excluding carboxylic acids is 2. The lowest BCUT2D eigenvalue weighted by Gasteiger charge is -2.14. The van der Waals surface area contributed by atoms with Crippen LogP contribution >= 0.6 is 0 Å². The smallest absolute Gasteiger partial charge is 0.326 e. The van der Waals surface area contributed by atoms with Crippen LogP contribution < -0.4 is 5.32 Å². The summed E-state index contributed by atoms with van der Waals surface area (Å²) in [7, 11) is 0. The van der Waals surface area contributed by atoms with Crippen molar-refractivity contribution in [1.29, 1.82) is 0 Å². The molecule has 0 saturated heterocycles. The Bertz CT molecular complexity index is 838. The molecule has 6 heteroatoms. The number of unbranched alkanes of at least 4 members (excludes halogenated alkanes) is 1. The Morgan fingerprint density at radius 1 is 1.14 bits per heavy atom. The van der Waals surface area contributed by atoms with E-state index in [0.29, 0.717) is 25.2 Å². The Balaban J connectivity index is 2.24. The Morgan fingerprint density at radius 2 is 1.86 bits per heavy atom. The number of carboxylic acid groups (broad SMARTS) is 1. The second kappa shape index (κ2) is 10.1. The molecule has 1 heterocycles. The first-order chi connectivity index (χ1) is 13.3. The highest BCUT2D eigenvalue weighted by atomic mass is 16.4. The van der Waals surface area contributed by atoms with Crippen LogP contribution in [-0.4, -0.2) is 33.5 Å². The number of fused-ring (bicyclic) bond motifs is 1. The van der Waals surface area contributed by atoms with Gasteiger partial charge >= 0.3 is 5.97 Å². The van der Waals surface area contributed by atoms with Crippen molar-refractivity contribution in [3.05, 3.63) is 36.0 Å². The molecule has 0 unspecified atom stereocenters. The third-order valence-electron chi connectivity index (χ3n) is 4.81. The summed E-state index contributed by atoms with van der Waals surface area (Å²) >= 11 is 0. The van der Waals surface area contributed by atoms with Gasteiger partial charge in [0.25, 0.3) is 0 Å². The minimum absolute atomic E-state index is 0.00264. The van der Waals surface area contributed by atoms with Gasteiger partial charge in [-0.05, 0) is 30.4 Å². The quantitative estimate of drug-likeness (QED) is 0.645. The van der Waals surface area contributed by atoms with Crippen molar-refractivity contribution in [2.24, 2.45) is 5.92 Å². The molecule has 0 aliphatic carbocycles. The highest BCUT2D eigenvalue weighted by Crippen LogP contribution is 2.23. The van der Waals surface area contributed by atoms with Crippen molar-refractivity contribution >= 4 is 28.7 Å². The monoisotopic (exact) mass is 386 g/mol. The molecule has 1 aromatic heterocycles. The molecule has 2 rings (SSSR count). The Morgan fingerprint density at radius 3 is 2.50 bits per heavy atom. The zero-order valence-electron chi connectivity index (χ0n) is 16.9. The number of hydrogen-bond acceptors (Lipinski definition) is 3. The summed E-state index contributed by atoms with van der Waals surface area (Å²) in [6, 6.07) is 6.44. The predicted molar refractivity (Wildman–Crippen MR) is 109 cm³/mol. The number of nitrogens with one attached hydrogen (secondary N) is 1. The first-order valence-electron chi connectivity index (χ1n) is 9.97. The molecule has 0 bridgehead atoms. The lowest BCUT2D eigenvalue weighted by atomic mass is 10.0. The van der Waals surface area contributed by atoms with Crippen molar-refractivity contribution in [1.82, 2.24) is 9.88 Å². The zero-order valence-corrected chi connectivity index (χ0v) is 16.9. The number of benzene rings is 1. The number of aromatic nitrogens is 1. The van der Waals surface area contributed by atoms with E-state index in [9.17, 15) is 19.5 Å². The van der Waals surface area contributed by atoms with E-state index in [-0.39, 0.29) is 18.2 Å².